The molecule has 6 nitrogen and oxygen atoms in total. The van der Waals surface area contributed by atoms with E-state index >= 15 is 0 Å². The Balaban J connectivity index is 0.00000272. The van der Waals surface area contributed by atoms with E-state index in [-0.39, 0.29) is 35.9 Å². The predicted molar refractivity (Wildman–Crippen MR) is 137 cm³/mol. The SMILES string of the molecule is CCNC(=NCCc1cccc2cccnc12)NC1CCN(C(=O)C2CCCC2)C1.I. The molecule has 0 spiro atoms. The fraction of sp³-hybridized carbons (Fsp3) is 0.542. The Morgan fingerprint density at radius 1 is 1.19 bits per heavy atom. The standard InChI is InChI=1S/C24H33N5O.HI/c1-2-25-24(27-15-12-19-10-5-9-18-11-6-14-26-22(18)19)28-21-13-16-29(17-21)23(30)20-7-3-4-8-20;/h5-6,9-11,14,20-21H,2-4,7-8,12-13,15-17H2,1H3,(H2,25,27,28);1H. The summed E-state index contributed by atoms with van der Waals surface area (Å²) in [7, 11) is 0. The number of carbonyl (C=O) groups excluding carboxylic acids is 1. The predicted octanol–water partition coefficient (Wildman–Crippen LogP) is 3.74. The van der Waals surface area contributed by atoms with E-state index in [1.807, 2.05) is 12.3 Å². The molecule has 1 atom stereocenters. The van der Waals surface area contributed by atoms with Crippen LogP contribution in [-0.2, 0) is 11.2 Å². The van der Waals surface area contributed by atoms with Gasteiger partial charge in [-0.25, -0.2) is 0 Å². The van der Waals surface area contributed by atoms with Crippen LogP contribution >= 0.6 is 24.0 Å². The van der Waals surface area contributed by atoms with Crippen molar-refractivity contribution in [1.29, 1.82) is 0 Å². The van der Waals surface area contributed by atoms with Crippen molar-refractivity contribution in [3.05, 3.63) is 42.1 Å². The summed E-state index contributed by atoms with van der Waals surface area (Å²) in [6.07, 6.45) is 8.23. The van der Waals surface area contributed by atoms with Gasteiger partial charge in [0, 0.05) is 49.7 Å². The van der Waals surface area contributed by atoms with Crippen LogP contribution in [0.3, 0.4) is 0 Å². The third-order valence-electron chi connectivity index (χ3n) is 6.26. The largest absolute Gasteiger partial charge is 0.357 e. The monoisotopic (exact) mass is 535 g/mol. The lowest BCUT2D eigenvalue weighted by Gasteiger charge is -2.21. The number of para-hydroxylation sites is 1. The average molecular weight is 535 g/mol. The molecule has 1 saturated heterocycles. The Morgan fingerprint density at radius 2 is 2.00 bits per heavy atom. The summed E-state index contributed by atoms with van der Waals surface area (Å²) >= 11 is 0. The summed E-state index contributed by atoms with van der Waals surface area (Å²) in [4.78, 5) is 24.1. The Morgan fingerprint density at radius 3 is 2.81 bits per heavy atom. The van der Waals surface area contributed by atoms with Crippen molar-refractivity contribution in [1.82, 2.24) is 20.5 Å². The number of hydrogen-bond donors (Lipinski definition) is 2. The molecule has 2 heterocycles. The van der Waals surface area contributed by atoms with Crippen LogP contribution in [0.15, 0.2) is 41.5 Å². The quantitative estimate of drug-likeness (QED) is 0.336. The molecule has 0 radical (unpaired) electrons. The zero-order valence-electron chi connectivity index (χ0n) is 18.3. The van der Waals surface area contributed by atoms with Gasteiger partial charge in [-0.3, -0.25) is 14.8 Å². The van der Waals surface area contributed by atoms with Gasteiger partial charge < -0.3 is 15.5 Å². The first-order valence-electron chi connectivity index (χ1n) is 11.4. The van der Waals surface area contributed by atoms with E-state index in [2.05, 4.69) is 51.7 Å². The van der Waals surface area contributed by atoms with Gasteiger partial charge in [-0.1, -0.05) is 37.1 Å². The Bertz CT molecular complexity index is 891. The smallest absolute Gasteiger partial charge is 0.225 e. The lowest BCUT2D eigenvalue weighted by Crippen LogP contribution is -2.45. The minimum Gasteiger partial charge on any atom is -0.357 e. The lowest BCUT2D eigenvalue weighted by atomic mass is 10.1. The molecule has 1 aromatic carbocycles. The van der Waals surface area contributed by atoms with Gasteiger partial charge in [0.05, 0.1) is 5.52 Å². The van der Waals surface area contributed by atoms with E-state index in [9.17, 15) is 4.79 Å². The van der Waals surface area contributed by atoms with Crippen LogP contribution in [0.4, 0.5) is 0 Å². The number of amides is 1. The molecule has 31 heavy (non-hydrogen) atoms. The third-order valence-corrected chi connectivity index (χ3v) is 6.26. The number of nitrogens with one attached hydrogen (secondary N) is 2. The highest BCUT2D eigenvalue weighted by Gasteiger charge is 2.32. The molecule has 1 aliphatic heterocycles. The second kappa shape index (κ2) is 11.6. The van der Waals surface area contributed by atoms with Crippen molar-refractivity contribution < 1.29 is 4.79 Å². The molecule has 1 aromatic heterocycles. The number of halogens is 1. The van der Waals surface area contributed by atoms with Gasteiger partial charge in [0.25, 0.3) is 0 Å². The molecule has 1 unspecified atom stereocenters. The number of pyridine rings is 1. The van der Waals surface area contributed by atoms with Crippen LogP contribution in [0.2, 0.25) is 0 Å². The van der Waals surface area contributed by atoms with Gasteiger partial charge >= 0.3 is 0 Å². The van der Waals surface area contributed by atoms with E-state index in [0.29, 0.717) is 12.5 Å². The minimum absolute atomic E-state index is 0. The molecule has 7 heteroatoms. The third kappa shape index (κ3) is 6.08. The first-order chi connectivity index (χ1) is 14.7. The molecule has 1 saturated carbocycles. The Labute approximate surface area is 202 Å². The highest BCUT2D eigenvalue weighted by molar-refractivity contribution is 14.0. The molecule has 2 fully saturated rings. The first kappa shape index (κ1) is 23.8. The molecule has 2 aliphatic rings. The van der Waals surface area contributed by atoms with Crippen LogP contribution in [0.5, 0.6) is 0 Å². The highest BCUT2D eigenvalue weighted by atomic mass is 127. The number of rotatable bonds is 6. The maximum Gasteiger partial charge on any atom is 0.225 e. The number of aliphatic imine (C=N–C) groups is 1. The molecular weight excluding hydrogens is 501 g/mol. The summed E-state index contributed by atoms with van der Waals surface area (Å²) in [6.45, 7) is 5.24. The number of guanidine groups is 1. The van der Waals surface area contributed by atoms with E-state index in [1.165, 1.54) is 23.8 Å². The normalized spacial score (nSPS) is 19.5. The first-order valence-corrected chi connectivity index (χ1v) is 11.4. The summed E-state index contributed by atoms with van der Waals surface area (Å²) in [5.74, 6) is 1.47. The maximum atomic E-state index is 12.7. The summed E-state index contributed by atoms with van der Waals surface area (Å²) in [5, 5.41) is 8.07. The number of benzene rings is 1. The Hall–Kier alpha value is -1.90. The molecule has 2 aromatic rings. The molecular formula is C24H34IN5O. The van der Waals surface area contributed by atoms with Gasteiger partial charge in [0.15, 0.2) is 5.96 Å². The fourth-order valence-electron chi connectivity index (χ4n) is 4.68. The number of hydrogen-bond acceptors (Lipinski definition) is 3. The second-order valence-electron chi connectivity index (χ2n) is 8.40. The minimum atomic E-state index is 0. The number of likely N-dealkylation sites (tertiary alicyclic amines) is 1. The van der Waals surface area contributed by atoms with Crippen molar-refractivity contribution in [3.63, 3.8) is 0 Å². The summed E-state index contributed by atoms with van der Waals surface area (Å²) < 4.78 is 0. The zero-order valence-corrected chi connectivity index (χ0v) is 20.7. The van der Waals surface area contributed by atoms with E-state index in [0.717, 1.165) is 56.8 Å². The van der Waals surface area contributed by atoms with Crippen molar-refractivity contribution in [3.8, 4) is 0 Å². The van der Waals surface area contributed by atoms with Crippen LogP contribution in [-0.4, -0.2) is 54.0 Å². The number of nitrogens with zero attached hydrogens (tertiary/aromatic N) is 3. The van der Waals surface area contributed by atoms with Gasteiger partial charge in [0.1, 0.15) is 0 Å². The Kier molecular flexibility index (Phi) is 8.92. The molecule has 4 rings (SSSR count). The van der Waals surface area contributed by atoms with Gasteiger partial charge in [-0.2, -0.15) is 0 Å². The van der Waals surface area contributed by atoms with E-state index in [4.69, 9.17) is 4.99 Å². The lowest BCUT2D eigenvalue weighted by molar-refractivity contribution is -0.134. The average Bonchev–Trinajstić information content (AvgIpc) is 3.46. The zero-order chi connectivity index (χ0) is 20.8. The number of fused-ring (bicyclic) bond motifs is 1. The summed E-state index contributed by atoms with van der Waals surface area (Å²) in [6, 6.07) is 10.7. The highest BCUT2D eigenvalue weighted by Crippen LogP contribution is 2.27. The molecule has 1 amide bonds. The molecule has 168 valence electrons. The number of carbonyl (C=O) groups is 1. The van der Waals surface area contributed by atoms with Gasteiger partial charge in [0.2, 0.25) is 5.91 Å². The topological polar surface area (TPSA) is 69.6 Å². The van der Waals surface area contributed by atoms with Crippen LogP contribution in [0.25, 0.3) is 10.9 Å². The summed E-state index contributed by atoms with van der Waals surface area (Å²) in [5.41, 5.74) is 2.28. The molecule has 0 bridgehead atoms. The molecule has 2 N–H and O–H groups in total. The van der Waals surface area contributed by atoms with E-state index < -0.39 is 0 Å². The molecule has 1 aliphatic carbocycles. The van der Waals surface area contributed by atoms with Crippen molar-refractivity contribution in [2.45, 2.75) is 51.5 Å². The second-order valence-corrected chi connectivity index (χ2v) is 8.40. The maximum absolute atomic E-state index is 12.7. The van der Waals surface area contributed by atoms with Crippen molar-refractivity contribution in [2.24, 2.45) is 10.9 Å². The number of aromatic nitrogens is 1. The van der Waals surface area contributed by atoms with Crippen LogP contribution < -0.4 is 10.6 Å². The fourth-order valence-corrected chi connectivity index (χ4v) is 4.68. The van der Waals surface area contributed by atoms with E-state index in [1.54, 1.807) is 0 Å². The van der Waals surface area contributed by atoms with Gasteiger partial charge in [-0.05, 0) is 44.2 Å². The van der Waals surface area contributed by atoms with Crippen molar-refractivity contribution in [2.75, 3.05) is 26.2 Å². The van der Waals surface area contributed by atoms with Crippen LogP contribution in [0, 0.1) is 5.92 Å². The van der Waals surface area contributed by atoms with Crippen molar-refractivity contribution >= 4 is 46.7 Å². The van der Waals surface area contributed by atoms with Crippen LogP contribution in [0.1, 0.15) is 44.6 Å². The van der Waals surface area contributed by atoms with Gasteiger partial charge in [-0.15, -0.1) is 24.0 Å².